The highest BCUT2D eigenvalue weighted by atomic mass is 79.9. The molecular formula is C12H9BrFNO. The number of rotatable bonds is 2. The van der Waals surface area contributed by atoms with E-state index in [-0.39, 0.29) is 11.6 Å². The fourth-order valence-corrected chi connectivity index (χ4v) is 1.59. The van der Waals surface area contributed by atoms with Crippen LogP contribution in [0.3, 0.4) is 0 Å². The Morgan fingerprint density at radius 2 is 2.06 bits per heavy atom. The summed E-state index contributed by atoms with van der Waals surface area (Å²) >= 11 is 3.27. The second kappa shape index (κ2) is 4.61. The molecule has 1 aromatic carbocycles. The largest absolute Gasteiger partial charge is 0.454 e. The topological polar surface area (TPSA) is 22.1 Å². The minimum absolute atomic E-state index is 0.198. The number of halogens is 2. The maximum atomic E-state index is 13.4. The molecule has 2 nitrogen and oxygen atoms in total. The van der Waals surface area contributed by atoms with Crippen molar-refractivity contribution < 1.29 is 9.13 Å². The van der Waals surface area contributed by atoms with E-state index in [1.165, 1.54) is 6.07 Å². The van der Waals surface area contributed by atoms with E-state index in [1.54, 1.807) is 30.6 Å². The van der Waals surface area contributed by atoms with Gasteiger partial charge in [-0.2, -0.15) is 0 Å². The molecule has 0 fully saturated rings. The van der Waals surface area contributed by atoms with E-state index >= 15 is 0 Å². The molecule has 2 aromatic rings. The highest BCUT2D eigenvalue weighted by molar-refractivity contribution is 9.10. The second-order valence-corrected chi connectivity index (χ2v) is 4.23. The van der Waals surface area contributed by atoms with E-state index in [9.17, 15) is 4.39 Å². The van der Waals surface area contributed by atoms with Crippen LogP contribution in [-0.4, -0.2) is 4.98 Å². The minimum atomic E-state index is -0.389. The molecule has 0 aliphatic rings. The predicted molar refractivity (Wildman–Crippen MR) is 63.1 cm³/mol. The zero-order chi connectivity index (χ0) is 11.5. The zero-order valence-electron chi connectivity index (χ0n) is 8.58. The molecule has 0 saturated carbocycles. The molecule has 1 heterocycles. The van der Waals surface area contributed by atoms with Gasteiger partial charge in [-0.05, 0) is 31.2 Å². The minimum Gasteiger partial charge on any atom is -0.454 e. The predicted octanol–water partition coefficient (Wildman–Crippen LogP) is 4.08. The first-order valence-electron chi connectivity index (χ1n) is 4.70. The van der Waals surface area contributed by atoms with Gasteiger partial charge in [-0.1, -0.05) is 15.9 Å². The third-order valence-electron chi connectivity index (χ3n) is 2.08. The van der Waals surface area contributed by atoms with Crippen molar-refractivity contribution in [3.63, 3.8) is 0 Å². The number of aryl methyl sites for hydroxylation is 1. The zero-order valence-corrected chi connectivity index (χ0v) is 10.2. The van der Waals surface area contributed by atoms with Gasteiger partial charge < -0.3 is 4.74 Å². The Kier molecular flexibility index (Phi) is 3.19. The summed E-state index contributed by atoms with van der Waals surface area (Å²) in [5.41, 5.74) is 0.863. The van der Waals surface area contributed by atoms with Crippen LogP contribution < -0.4 is 4.74 Å². The van der Waals surface area contributed by atoms with Crippen molar-refractivity contribution in [2.24, 2.45) is 0 Å². The average molecular weight is 282 g/mol. The van der Waals surface area contributed by atoms with Gasteiger partial charge in [-0.15, -0.1) is 0 Å². The average Bonchev–Trinajstić information content (AvgIpc) is 2.27. The van der Waals surface area contributed by atoms with Crippen LogP contribution in [-0.2, 0) is 0 Å². The van der Waals surface area contributed by atoms with E-state index in [0.29, 0.717) is 5.75 Å². The lowest BCUT2D eigenvalue weighted by atomic mass is 10.3. The first kappa shape index (κ1) is 11.1. The van der Waals surface area contributed by atoms with Crippen LogP contribution >= 0.6 is 15.9 Å². The summed E-state index contributed by atoms with van der Waals surface area (Å²) in [6.07, 6.45) is 3.28. The van der Waals surface area contributed by atoms with Crippen LogP contribution in [0.25, 0.3) is 0 Å². The molecular weight excluding hydrogens is 273 g/mol. The Morgan fingerprint density at radius 3 is 2.81 bits per heavy atom. The summed E-state index contributed by atoms with van der Waals surface area (Å²) in [5, 5.41) is 0. The van der Waals surface area contributed by atoms with E-state index < -0.39 is 0 Å². The number of hydrogen-bond acceptors (Lipinski definition) is 2. The summed E-state index contributed by atoms with van der Waals surface area (Å²) in [4.78, 5) is 3.94. The Bertz CT molecular complexity index is 516. The van der Waals surface area contributed by atoms with Gasteiger partial charge in [-0.25, -0.2) is 4.39 Å². The first-order chi connectivity index (χ1) is 7.66. The summed E-state index contributed by atoms with van der Waals surface area (Å²) in [7, 11) is 0. The Labute approximate surface area is 101 Å². The van der Waals surface area contributed by atoms with Crippen molar-refractivity contribution in [1.82, 2.24) is 4.98 Å². The van der Waals surface area contributed by atoms with Crippen molar-refractivity contribution in [2.45, 2.75) is 6.92 Å². The molecule has 0 bridgehead atoms. The third-order valence-corrected chi connectivity index (χ3v) is 2.58. The number of pyridine rings is 1. The normalized spacial score (nSPS) is 10.2. The van der Waals surface area contributed by atoms with Crippen LogP contribution in [0.5, 0.6) is 11.5 Å². The smallest absolute Gasteiger partial charge is 0.165 e. The summed E-state index contributed by atoms with van der Waals surface area (Å²) in [6.45, 7) is 1.86. The van der Waals surface area contributed by atoms with Gasteiger partial charge in [0.15, 0.2) is 11.6 Å². The van der Waals surface area contributed by atoms with Gasteiger partial charge in [0.2, 0.25) is 0 Å². The summed E-state index contributed by atoms with van der Waals surface area (Å²) in [6, 6.07) is 6.28. The van der Waals surface area contributed by atoms with E-state index in [1.807, 2.05) is 6.92 Å². The molecule has 1 aromatic heterocycles. The summed E-state index contributed by atoms with van der Waals surface area (Å²) in [5.74, 6) is 0.412. The lowest BCUT2D eigenvalue weighted by Crippen LogP contribution is -1.91. The third kappa shape index (κ3) is 2.39. The molecule has 2 rings (SSSR count). The number of nitrogens with zero attached hydrogens (tertiary/aromatic N) is 1. The van der Waals surface area contributed by atoms with Crippen molar-refractivity contribution in [2.75, 3.05) is 0 Å². The van der Waals surface area contributed by atoms with Gasteiger partial charge >= 0.3 is 0 Å². The van der Waals surface area contributed by atoms with Crippen molar-refractivity contribution in [1.29, 1.82) is 0 Å². The van der Waals surface area contributed by atoms with Crippen LogP contribution in [0.2, 0.25) is 0 Å². The van der Waals surface area contributed by atoms with Gasteiger partial charge in [-0.3, -0.25) is 4.98 Å². The molecule has 0 atom stereocenters. The number of hydrogen-bond donors (Lipinski definition) is 0. The lowest BCUT2D eigenvalue weighted by Gasteiger charge is -2.08. The molecule has 0 aliphatic carbocycles. The van der Waals surface area contributed by atoms with Gasteiger partial charge in [0.05, 0.1) is 0 Å². The molecule has 4 heteroatoms. The van der Waals surface area contributed by atoms with Crippen molar-refractivity contribution in [3.05, 3.63) is 52.5 Å². The summed E-state index contributed by atoms with van der Waals surface area (Å²) < 4.78 is 19.7. The first-order valence-corrected chi connectivity index (χ1v) is 5.49. The highest BCUT2D eigenvalue weighted by Gasteiger charge is 2.06. The maximum absolute atomic E-state index is 13.4. The molecule has 0 N–H and O–H groups in total. The van der Waals surface area contributed by atoms with E-state index in [0.717, 1.165) is 10.0 Å². The molecule has 0 saturated heterocycles. The van der Waals surface area contributed by atoms with Crippen LogP contribution in [0.4, 0.5) is 4.39 Å². The molecule has 0 spiro atoms. The number of ether oxygens (including phenoxy) is 1. The van der Waals surface area contributed by atoms with Gasteiger partial charge in [0, 0.05) is 22.4 Å². The van der Waals surface area contributed by atoms with E-state index in [2.05, 4.69) is 20.9 Å². The van der Waals surface area contributed by atoms with Gasteiger partial charge in [0.25, 0.3) is 0 Å². The maximum Gasteiger partial charge on any atom is 0.165 e. The van der Waals surface area contributed by atoms with Crippen LogP contribution in [0, 0.1) is 12.7 Å². The van der Waals surface area contributed by atoms with E-state index in [4.69, 9.17) is 4.74 Å². The molecule has 0 aliphatic heterocycles. The number of aromatic nitrogens is 1. The Morgan fingerprint density at radius 1 is 1.25 bits per heavy atom. The van der Waals surface area contributed by atoms with Crippen LogP contribution in [0.15, 0.2) is 41.1 Å². The number of benzene rings is 1. The Balaban J connectivity index is 2.34. The second-order valence-electron chi connectivity index (χ2n) is 3.32. The SMILES string of the molecule is Cc1cnccc1Oc1cc(Br)ccc1F. The fraction of sp³-hybridized carbons (Fsp3) is 0.0833. The quantitative estimate of drug-likeness (QED) is 0.827. The van der Waals surface area contributed by atoms with Crippen molar-refractivity contribution in [3.8, 4) is 11.5 Å². The monoisotopic (exact) mass is 281 g/mol. The standard InChI is InChI=1S/C12H9BrFNO/c1-8-7-15-5-4-11(8)16-12-6-9(13)2-3-10(12)14/h2-7H,1H3. The molecule has 82 valence electrons. The molecule has 16 heavy (non-hydrogen) atoms. The Hall–Kier alpha value is -1.42. The highest BCUT2D eigenvalue weighted by Crippen LogP contribution is 2.28. The van der Waals surface area contributed by atoms with Crippen LogP contribution in [0.1, 0.15) is 5.56 Å². The fourth-order valence-electron chi connectivity index (χ4n) is 1.25. The lowest BCUT2D eigenvalue weighted by molar-refractivity contribution is 0.438. The molecule has 0 radical (unpaired) electrons. The van der Waals surface area contributed by atoms with Gasteiger partial charge in [0.1, 0.15) is 5.75 Å². The van der Waals surface area contributed by atoms with Crippen molar-refractivity contribution >= 4 is 15.9 Å². The molecule has 0 amide bonds. The molecule has 0 unspecified atom stereocenters.